The van der Waals surface area contributed by atoms with E-state index in [0.717, 1.165) is 0 Å². The quantitative estimate of drug-likeness (QED) is 0.755. The molecule has 138 valence electrons. The SMILES string of the molecule is COC(=O)CC(C(=O)OC)C(O)(c1ccccc1)c1cc(Cl)cc(Cl)c1. The van der Waals surface area contributed by atoms with Crippen LogP contribution in [0, 0.1) is 5.92 Å². The van der Waals surface area contributed by atoms with Crippen molar-refractivity contribution in [1.82, 2.24) is 0 Å². The highest BCUT2D eigenvalue weighted by Crippen LogP contribution is 2.41. The molecule has 2 unspecified atom stereocenters. The Morgan fingerprint density at radius 3 is 2.08 bits per heavy atom. The number of ether oxygens (including phenoxy) is 2. The molecular weight excluding hydrogens is 379 g/mol. The Morgan fingerprint density at radius 1 is 1.00 bits per heavy atom. The van der Waals surface area contributed by atoms with Crippen LogP contribution in [0.4, 0.5) is 0 Å². The smallest absolute Gasteiger partial charge is 0.312 e. The van der Waals surface area contributed by atoms with Crippen molar-refractivity contribution in [3.05, 3.63) is 69.7 Å². The molecular formula is C19H18Cl2O5. The van der Waals surface area contributed by atoms with Crippen LogP contribution in [0.1, 0.15) is 17.5 Å². The van der Waals surface area contributed by atoms with Gasteiger partial charge in [-0.2, -0.15) is 0 Å². The molecule has 7 heteroatoms. The second-order valence-corrected chi connectivity index (χ2v) is 6.52. The van der Waals surface area contributed by atoms with Crippen molar-refractivity contribution in [3.8, 4) is 0 Å². The zero-order chi connectivity index (χ0) is 19.3. The lowest BCUT2D eigenvalue weighted by atomic mass is 9.74. The van der Waals surface area contributed by atoms with E-state index < -0.39 is 29.9 Å². The third-order valence-corrected chi connectivity index (χ3v) is 4.54. The molecule has 2 atom stereocenters. The van der Waals surface area contributed by atoms with Crippen molar-refractivity contribution in [2.24, 2.45) is 5.92 Å². The van der Waals surface area contributed by atoms with Gasteiger partial charge in [0.2, 0.25) is 0 Å². The van der Waals surface area contributed by atoms with Crippen LogP contribution in [0.15, 0.2) is 48.5 Å². The van der Waals surface area contributed by atoms with Crippen LogP contribution >= 0.6 is 23.2 Å². The van der Waals surface area contributed by atoms with Gasteiger partial charge in [0.15, 0.2) is 0 Å². The van der Waals surface area contributed by atoms with Crippen molar-refractivity contribution in [3.63, 3.8) is 0 Å². The molecule has 0 bridgehead atoms. The number of aliphatic hydroxyl groups is 1. The number of rotatable bonds is 6. The van der Waals surface area contributed by atoms with E-state index in [2.05, 4.69) is 4.74 Å². The highest BCUT2D eigenvalue weighted by molar-refractivity contribution is 6.34. The van der Waals surface area contributed by atoms with E-state index in [1.807, 2.05) is 0 Å². The van der Waals surface area contributed by atoms with E-state index in [4.69, 9.17) is 27.9 Å². The van der Waals surface area contributed by atoms with Gasteiger partial charge >= 0.3 is 11.9 Å². The van der Waals surface area contributed by atoms with Crippen molar-refractivity contribution < 1.29 is 24.2 Å². The molecule has 0 fully saturated rings. The number of carbonyl (C=O) groups is 2. The molecule has 2 aromatic carbocycles. The minimum atomic E-state index is -1.91. The third-order valence-electron chi connectivity index (χ3n) is 4.11. The van der Waals surface area contributed by atoms with Gasteiger partial charge in [0.1, 0.15) is 11.5 Å². The van der Waals surface area contributed by atoms with Crippen molar-refractivity contribution >= 4 is 35.1 Å². The molecule has 2 aromatic rings. The minimum absolute atomic E-state index is 0.264. The number of halogens is 2. The maximum atomic E-state index is 12.5. The molecule has 0 aliphatic carbocycles. The zero-order valence-corrected chi connectivity index (χ0v) is 15.8. The van der Waals surface area contributed by atoms with E-state index in [0.29, 0.717) is 5.56 Å². The van der Waals surface area contributed by atoms with Crippen LogP contribution in [0.25, 0.3) is 0 Å². The number of benzene rings is 2. The molecule has 1 N–H and O–H groups in total. The fraction of sp³-hybridized carbons (Fsp3) is 0.263. The molecule has 0 aliphatic heterocycles. The average molecular weight is 397 g/mol. The van der Waals surface area contributed by atoms with Gasteiger partial charge in [-0.05, 0) is 29.3 Å². The first-order valence-corrected chi connectivity index (χ1v) is 8.47. The van der Waals surface area contributed by atoms with Crippen LogP contribution < -0.4 is 0 Å². The second kappa shape index (κ2) is 8.54. The summed E-state index contributed by atoms with van der Waals surface area (Å²) in [5, 5.41) is 12.2. The molecule has 2 rings (SSSR count). The average Bonchev–Trinajstić information content (AvgIpc) is 2.64. The second-order valence-electron chi connectivity index (χ2n) is 5.65. The monoisotopic (exact) mass is 396 g/mol. The zero-order valence-electron chi connectivity index (χ0n) is 14.2. The number of hydrogen-bond donors (Lipinski definition) is 1. The summed E-state index contributed by atoms with van der Waals surface area (Å²) < 4.78 is 9.51. The van der Waals surface area contributed by atoms with E-state index in [-0.39, 0.29) is 15.6 Å². The summed E-state index contributed by atoms with van der Waals surface area (Å²) in [5.41, 5.74) is -1.25. The largest absolute Gasteiger partial charge is 0.469 e. The van der Waals surface area contributed by atoms with Gasteiger partial charge in [-0.3, -0.25) is 9.59 Å². The maximum Gasteiger partial charge on any atom is 0.312 e. The first kappa shape index (κ1) is 20.2. The minimum Gasteiger partial charge on any atom is -0.469 e. The maximum absolute atomic E-state index is 12.5. The van der Waals surface area contributed by atoms with Gasteiger partial charge in [-0.1, -0.05) is 53.5 Å². The summed E-state index contributed by atoms with van der Waals surface area (Å²) in [6.07, 6.45) is -0.390. The summed E-state index contributed by atoms with van der Waals surface area (Å²) >= 11 is 12.2. The Balaban J connectivity index is 2.72. The molecule has 5 nitrogen and oxygen atoms in total. The van der Waals surface area contributed by atoms with Crippen LogP contribution in [-0.2, 0) is 24.7 Å². The Kier molecular flexibility index (Phi) is 6.64. The van der Waals surface area contributed by atoms with Gasteiger partial charge in [0, 0.05) is 10.0 Å². The molecule has 0 aromatic heterocycles. The molecule has 0 amide bonds. The lowest BCUT2D eigenvalue weighted by Crippen LogP contribution is -2.43. The van der Waals surface area contributed by atoms with Crippen molar-refractivity contribution in [1.29, 1.82) is 0 Å². The van der Waals surface area contributed by atoms with E-state index in [1.54, 1.807) is 30.3 Å². The first-order valence-electron chi connectivity index (χ1n) is 7.72. The molecule has 0 radical (unpaired) electrons. The Hall–Kier alpha value is -2.08. The fourth-order valence-corrected chi connectivity index (χ4v) is 3.36. The normalized spacial score (nSPS) is 14.2. The lowest BCUT2D eigenvalue weighted by Gasteiger charge is -2.35. The molecule has 0 heterocycles. The standard InChI is InChI=1S/C19H18Cl2O5/c1-25-17(22)11-16(18(23)26-2)19(24,12-6-4-3-5-7-12)13-8-14(20)10-15(21)9-13/h3-10,16,24H,11H2,1-2H3. The predicted octanol–water partition coefficient (Wildman–Crippen LogP) is 3.58. The highest BCUT2D eigenvalue weighted by atomic mass is 35.5. The van der Waals surface area contributed by atoms with Crippen molar-refractivity contribution in [2.45, 2.75) is 12.0 Å². The molecule has 26 heavy (non-hydrogen) atoms. The molecule has 0 saturated carbocycles. The number of methoxy groups -OCH3 is 2. The Labute approximate surface area is 161 Å². The topological polar surface area (TPSA) is 72.8 Å². The predicted molar refractivity (Wildman–Crippen MR) is 98.0 cm³/mol. The number of carbonyl (C=O) groups excluding carboxylic acids is 2. The third kappa shape index (κ3) is 4.18. The summed E-state index contributed by atoms with van der Waals surface area (Å²) in [6.45, 7) is 0. The summed E-state index contributed by atoms with van der Waals surface area (Å²) in [4.78, 5) is 24.4. The first-order chi connectivity index (χ1) is 12.3. The molecule has 0 saturated heterocycles. The lowest BCUT2D eigenvalue weighted by molar-refractivity contribution is -0.160. The molecule has 0 aliphatic rings. The van der Waals surface area contributed by atoms with Gasteiger partial charge in [0.05, 0.1) is 20.6 Å². The van der Waals surface area contributed by atoms with Crippen LogP contribution in [0.3, 0.4) is 0 Å². The van der Waals surface area contributed by atoms with Gasteiger partial charge < -0.3 is 14.6 Å². The van der Waals surface area contributed by atoms with E-state index in [9.17, 15) is 14.7 Å². The van der Waals surface area contributed by atoms with Gasteiger partial charge in [-0.15, -0.1) is 0 Å². The Morgan fingerprint density at radius 2 is 1.58 bits per heavy atom. The van der Waals surface area contributed by atoms with Crippen molar-refractivity contribution in [2.75, 3.05) is 14.2 Å². The Bertz CT molecular complexity index is 774. The summed E-state index contributed by atoms with van der Waals surface area (Å²) in [6, 6.07) is 13.0. The van der Waals surface area contributed by atoms with Gasteiger partial charge in [-0.25, -0.2) is 0 Å². The van der Waals surface area contributed by atoms with Gasteiger partial charge in [0.25, 0.3) is 0 Å². The van der Waals surface area contributed by atoms with E-state index >= 15 is 0 Å². The highest BCUT2D eigenvalue weighted by Gasteiger charge is 2.46. The van der Waals surface area contributed by atoms with Crippen LogP contribution in [0.5, 0.6) is 0 Å². The summed E-state index contributed by atoms with van der Waals surface area (Å²) in [5.74, 6) is -2.70. The van der Waals surface area contributed by atoms with Crippen LogP contribution in [-0.4, -0.2) is 31.3 Å². The summed E-state index contributed by atoms with van der Waals surface area (Å²) in [7, 11) is 2.39. The molecule has 0 spiro atoms. The van der Waals surface area contributed by atoms with E-state index in [1.165, 1.54) is 32.4 Å². The number of hydrogen-bond acceptors (Lipinski definition) is 5. The fourth-order valence-electron chi connectivity index (χ4n) is 2.83. The van der Waals surface area contributed by atoms with Crippen LogP contribution in [0.2, 0.25) is 10.0 Å². The number of esters is 2.